The maximum atomic E-state index is 11.2. The summed E-state index contributed by atoms with van der Waals surface area (Å²) < 4.78 is 0. The minimum atomic E-state index is -0.681. The van der Waals surface area contributed by atoms with E-state index in [-0.39, 0.29) is 12.0 Å². The quantitative estimate of drug-likeness (QED) is 0.658. The van der Waals surface area contributed by atoms with Gasteiger partial charge in [-0.3, -0.25) is 9.69 Å². The molecule has 2 unspecified atom stereocenters. The van der Waals surface area contributed by atoms with Crippen molar-refractivity contribution in [2.75, 3.05) is 13.1 Å². The first-order chi connectivity index (χ1) is 15.9. The van der Waals surface area contributed by atoms with E-state index in [4.69, 9.17) is 9.83 Å². The summed E-state index contributed by atoms with van der Waals surface area (Å²) in [6, 6.07) is 10.9. The number of likely N-dealkylation sites (tertiary alicyclic amines) is 1. The van der Waals surface area contributed by atoms with E-state index in [2.05, 4.69) is 61.2 Å². The van der Waals surface area contributed by atoms with Gasteiger partial charge in [-0.2, -0.15) is 0 Å². The maximum Gasteiger partial charge on any atom is 0.309 e. The van der Waals surface area contributed by atoms with Gasteiger partial charge in [0, 0.05) is 29.6 Å². The van der Waals surface area contributed by atoms with Crippen LogP contribution in [0.4, 0.5) is 0 Å². The fourth-order valence-electron chi connectivity index (χ4n) is 5.02. The summed E-state index contributed by atoms with van der Waals surface area (Å²) >= 11 is 1.79. The first-order valence-corrected chi connectivity index (χ1v) is 12.7. The third-order valence-corrected chi connectivity index (χ3v) is 8.05. The Morgan fingerprint density at radius 2 is 2.03 bits per heavy atom. The van der Waals surface area contributed by atoms with Gasteiger partial charge in [0.2, 0.25) is 0 Å². The molecule has 0 amide bonds. The number of aryl methyl sites for hydroxylation is 1. The second-order valence-electron chi connectivity index (χ2n) is 9.86. The van der Waals surface area contributed by atoms with Crippen LogP contribution in [0.3, 0.4) is 0 Å². The Morgan fingerprint density at radius 3 is 2.70 bits per heavy atom. The van der Waals surface area contributed by atoms with Crippen LogP contribution in [0, 0.1) is 11.8 Å². The summed E-state index contributed by atoms with van der Waals surface area (Å²) in [6.07, 6.45) is 4.36. The number of carboxylic acid groups (broad SMARTS) is 1. The highest BCUT2D eigenvalue weighted by molar-refractivity contribution is 7.14. The lowest BCUT2D eigenvalue weighted by Crippen LogP contribution is -2.52. The van der Waals surface area contributed by atoms with Gasteiger partial charge < -0.3 is 9.94 Å². The van der Waals surface area contributed by atoms with Gasteiger partial charge >= 0.3 is 5.97 Å². The Morgan fingerprint density at radius 1 is 1.27 bits per heavy atom. The fourth-order valence-corrected chi connectivity index (χ4v) is 6.35. The van der Waals surface area contributed by atoms with Crippen LogP contribution >= 0.6 is 11.3 Å². The number of rotatable bonds is 6. The number of carboxylic acids is 1. The molecule has 2 aromatic rings. The van der Waals surface area contributed by atoms with Gasteiger partial charge in [-0.25, -0.2) is 4.99 Å². The third kappa shape index (κ3) is 4.49. The Balaban J connectivity index is 1.30. The Bertz CT molecular complexity index is 1100. The minimum absolute atomic E-state index is 0.0805. The molecule has 0 bridgehead atoms. The topological polar surface area (TPSA) is 74.5 Å². The van der Waals surface area contributed by atoms with Gasteiger partial charge in [-0.15, -0.1) is 11.3 Å². The molecule has 1 N–H and O–H groups in total. The number of hydrogen-bond donors (Lipinski definition) is 1. The smallest absolute Gasteiger partial charge is 0.309 e. The van der Waals surface area contributed by atoms with Crippen LogP contribution in [-0.4, -0.2) is 46.7 Å². The van der Waals surface area contributed by atoms with Crippen LogP contribution in [0.2, 0.25) is 0 Å². The summed E-state index contributed by atoms with van der Waals surface area (Å²) in [4.78, 5) is 26.6. The molecule has 0 radical (unpaired) electrons. The molecule has 7 heteroatoms. The van der Waals surface area contributed by atoms with Gasteiger partial charge in [0.15, 0.2) is 0 Å². The first kappa shape index (κ1) is 22.3. The number of thiophene rings is 1. The van der Waals surface area contributed by atoms with E-state index in [1.54, 1.807) is 11.3 Å². The van der Waals surface area contributed by atoms with E-state index in [0.717, 1.165) is 41.8 Å². The predicted octanol–water partition coefficient (Wildman–Crippen LogP) is 4.91. The van der Waals surface area contributed by atoms with Gasteiger partial charge in [0.1, 0.15) is 5.71 Å². The van der Waals surface area contributed by atoms with E-state index < -0.39 is 5.97 Å². The van der Waals surface area contributed by atoms with Crippen molar-refractivity contribution >= 4 is 28.9 Å². The molecule has 3 heterocycles. The number of oxime groups is 1. The van der Waals surface area contributed by atoms with Crippen LogP contribution in [0.15, 0.2) is 40.5 Å². The molecule has 1 saturated heterocycles. The maximum absolute atomic E-state index is 11.2. The molecule has 1 aromatic heterocycles. The van der Waals surface area contributed by atoms with E-state index in [1.807, 2.05) is 0 Å². The number of aliphatic imine (C=N–C) groups is 1. The van der Waals surface area contributed by atoms with Crippen LogP contribution in [0.25, 0.3) is 0 Å². The Labute approximate surface area is 199 Å². The highest BCUT2D eigenvalue weighted by Gasteiger charge is 2.39. The van der Waals surface area contributed by atoms with E-state index in [1.165, 1.54) is 16.0 Å². The zero-order valence-corrected chi connectivity index (χ0v) is 20.3. The highest BCUT2D eigenvalue weighted by atomic mass is 32.1. The molecule has 6 nitrogen and oxygen atoms in total. The summed E-state index contributed by atoms with van der Waals surface area (Å²) in [5.74, 6) is 0.292. The molecular formula is C26H31N3O3S. The molecule has 2 aliphatic heterocycles. The predicted molar refractivity (Wildman–Crippen MR) is 131 cm³/mol. The van der Waals surface area contributed by atoms with Gasteiger partial charge in [-0.05, 0) is 67.9 Å². The molecule has 1 aromatic carbocycles. The fraction of sp³-hybridized carbons (Fsp3) is 0.500. The summed E-state index contributed by atoms with van der Waals surface area (Å²) in [6.45, 7) is 7.81. The molecule has 0 saturated carbocycles. The van der Waals surface area contributed by atoms with Crippen molar-refractivity contribution in [2.45, 2.75) is 58.5 Å². The summed E-state index contributed by atoms with van der Waals surface area (Å²) in [5.41, 5.74) is 4.49. The average Bonchev–Trinajstić information content (AvgIpc) is 3.17. The van der Waals surface area contributed by atoms with E-state index in [0.29, 0.717) is 30.9 Å². The zero-order valence-electron chi connectivity index (χ0n) is 19.5. The van der Waals surface area contributed by atoms with Crippen molar-refractivity contribution in [2.24, 2.45) is 22.0 Å². The first-order valence-electron chi connectivity index (χ1n) is 11.9. The normalized spacial score (nSPS) is 23.4. The SMILES string of the molecule is CC(C)Cc1ccc(C2=NC(C)C(c3cc4c(s3)CCCC4N3CC(C(=O)O)C3)=NO2)cc1. The standard InChI is InChI=1S/C26H31N3O3S/c1-15(2)11-17-7-9-18(10-8-17)25-27-16(3)24(28-32-25)23-12-20-21(5-4-6-22(20)33-23)29-13-19(14-29)26(30)31/h7-10,12,15-16,19,21H,4-6,11,13-14H2,1-3H3,(H,30,31). The van der Waals surface area contributed by atoms with Crippen LogP contribution < -0.4 is 0 Å². The molecule has 1 fully saturated rings. The lowest BCUT2D eigenvalue weighted by Gasteiger charge is -2.44. The molecular weight excluding hydrogens is 434 g/mol. The molecule has 2 atom stereocenters. The van der Waals surface area contributed by atoms with Crippen molar-refractivity contribution in [1.82, 2.24) is 4.90 Å². The van der Waals surface area contributed by atoms with Crippen molar-refractivity contribution in [1.29, 1.82) is 0 Å². The lowest BCUT2D eigenvalue weighted by atomic mass is 9.87. The van der Waals surface area contributed by atoms with Gasteiger partial charge in [0.25, 0.3) is 5.90 Å². The van der Waals surface area contributed by atoms with Gasteiger partial charge in [-0.1, -0.05) is 31.1 Å². The lowest BCUT2D eigenvalue weighted by molar-refractivity contribution is -0.149. The third-order valence-electron chi connectivity index (χ3n) is 6.82. The highest BCUT2D eigenvalue weighted by Crippen LogP contribution is 2.42. The number of nitrogens with zero attached hydrogens (tertiary/aromatic N) is 3. The van der Waals surface area contributed by atoms with Crippen LogP contribution in [0.1, 0.15) is 66.1 Å². The molecule has 5 rings (SSSR count). The number of benzene rings is 1. The molecule has 33 heavy (non-hydrogen) atoms. The minimum Gasteiger partial charge on any atom is -0.481 e. The number of aliphatic carboxylic acids is 1. The monoisotopic (exact) mass is 465 g/mol. The molecule has 0 spiro atoms. The Hall–Kier alpha value is -2.51. The number of carbonyl (C=O) groups is 1. The summed E-state index contributed by atoms with van der Waals surface area (Å²) in [7, 11) is 0. The van der Waals surface area contributed by atoms with Crippen molar-refractivity contribution in [3.05, 3.63) is 56.8 Å². The van der Waals surface area contributed by atoms with Crippen molar-refractivity contribution in [3.8, 4) is 0 Å². The number of hydrogen-bond acceptors (Lipinski definition) is 6. The Kier molecular flexibility index (Phi) is 6.10. The van der Waals surface area contributed by atoms with Crippen LogP contribution in [0.5, 0.6) is 0 Å². The average molecular weight is 466 g/mol. The molecule has 1 aliphatic carbocycles. The van der Waals surface area contributed by atoms with E-state index in [9.17, 15) is 9.90 Å². The molecule has 174 valence electrons. The van der Waals surface area contributed by atoms with Crippen molar-refractivity contribution in [3.63, 3.8) is 0 Å². The van der Waals surface area contributed by atoms with E-state index >= 15 is 0 Å². The zero-order chi connectivity index (χ0) is 23.1. The van der Waals surface area contributed by atoms with Gasteiger partial charge in [0.05, 0.1) is 16.8 Å². The largest absolute Gasteiger partial charge is 0.481 e. The summed E-state index contributed by atoms with van der Waals surface area (Å²) in [5, 5.41) is 13.7. The second kappa shape index (κ2) is 9.03. The second-order valence-corrected chi connectivity index (χ2v) is 11.0. The molecule has 3 aliphatic rings. The number of fused-ring (bicyclic) bond motifs is 1. The van der Waals surface area contributed by atoms with Crippen LogP contribution in [-0.2, 0) is 22.5 Å². The van der Waals surface area contributed by atoms with Crippen molar-refractivity contribution < 1.29 is 14.7 Å².